The first kappa shape index (κ1) is 23.1. The van der Waals surface area contributed by atoms with Crippen LogP contribution in [0.15, 0.2) is 140 Å². The van der Waals surface area contributed by atoms with Crippen LogP contribution < -0.4 is 25.4 Å². The van der Waals surface area contributed by atoms with Crippen molar-refractivity contribution in [1.82, 2.24) is 0 Å². The van der Waals surface area contributed by atoms with Gasteiger partial charge in [-0.25, -0.2) is 0 Å². The second kappa shape index (κ2) is 8.84. The summed E-state index contributed by atoms with van der Waals surface area (Å²) in [5.74, 6) is 2.42. The molecule has 40 heavy (non-hydrogen) atoms. The Morgan fingerprint density at radius 2 is 0.925 bits per heavy atom. The number of rotatable bonds is 3. The molecule has 0 N–H and O–H groups in total. The van der Waals surface area contributed by atoms with Gasteiger partial charge in [-0.2, -0.15) is 0 Å². The molecule has 4 heteroatoms. The van der Waals surface area contributed by atoms with Crippen LogP contribution in [0.1, 0.15) is 0 Å². The molecular formula is C36H23O3P. The summed E-state index contributed by atoms with van der Waals surface area (Å²) in [4.78, 5) is 0. The highest BCUT2D eigenvalue weighted by molar-refractivity contribution is 7.86. The van der Waals surface area contributed by atoms with E-state index in [4.69, 9.17) is 9.47 Å². The van der Waals surface area contributed by atoms with Crippen molar-refractivity contribution < 1.29 is 14.0 Å². The van der Waals surface area contributed by atoms with Gasteiger partial charge in [0, 0.05) is 11.1 Å². The molecule has 0 saturated heterocycles. The third-order valence-corrected chi connectivity index (χ3v) is 10.8. The zero-order valence-electron chi connectivity index (χ0n) is 21.5. The third-order valence-electron chi connectivity index (χ3n) is 7.73. The first-order chi connectivity index (χ1) is 19.7. The van der Waals surface area contributed by atoms with Crippen molar-refractivity contribution in [2.75, 3.05) is 0 Å². The van der Waals surface area contributed by atoms with Crippen LogP contribution >= 0.6 is 7.14 Å². The molecule has 0 fully saturated rings. The Kier molecular flexibility index (Phi) is 5.10. The number of hydrogen-bond donors (Lipinski definition) is 0. The van der Waals surface area contributed by atoms with Crippen LogP contribution in [0, 0.1) is 0 Å². The summed E-state index contributed by atoms with van der Waals surface area (Å²) < 4.78 is 29.3. The van der Waals surface area contributed by atoms with Crippen molar-refractivity contribution in [3.8, 4) is 56.4 Å². The van der Waals surface area contributed by atoms with Crippen LogP contribution in [-0.2, 0) is 4.57 Å². The molecule has 2 aliphatic heterocycles. The molecule has 0 bridgehead atoms. The van der Waals surface area contributed by atoms with Crippen molar-refractivity contribution in [2.45, 2.75) is 0 Å². The SMILES string of the molecule is O=P12c3ccccc3Oc3c(-c4ccccc4)cc(-c4ccccc4)c(c31)Oc1ccc(-c3ccccc3)cc12. The summed E-state index contributed by atoms with van der Waals surface area (Å²) in [6.45, 7) is 0. The highest BCUT2D eigenvalue weighted by Crippen LogP contribution is 2.61. The molecule has 0 saturated carbocycles. The van der Waals surface area contributed by atoms with Crippen LogP contribution in [0.5, 0.6) is 23.0 Å². The maximum Gasteiger partial charge on any atom is 0.185 e. The lowest BCUT2D eigenvalue weighted by atomic mass is 9.96. The molecular weight excluding hydrogens is 511 g/mol. The van der Waals surface area contributed by atoms with E-state index in [0.29, 0.717) is 38.9 Å². The number of fused-ring (bicyclic) bond motifs is 4. The molecule has 1 unspecified atom stereocenters. The van der Waals surface area contributed by atoms with Crippen molar-refractivity contribution in [3.05, 3.63) is 140 Å². The monoisotopic (exact) mass is 534 g/mol. The predicted octanol–water partition coefficient (Wildman–Crippen LogP) is 8.54. The normalized spacial score (nSPS) is 16.1. The number of para-hydroxylation sites is 1. The van der Waals surface area contributed by atoms with Crippen LogP contribution in [0.2, 0.25) is 0 Å². The summed E-state index contributed by atoms with van der Waals surface area (Å²) in [6.07, 6.45) is 0. The Morgan fingerprint density at radius 1 is 0.425 bits per heavy atom. The molecule has 3 nitrogen and oxygen atoms in total. The summed E-state index contributed by atoms with van der Waals surface area (Å²) in [5.41, 5.74) is 5.82. The van der Waals surface area contributed by atoms with Gasteiger partial charge in [-0.1, -0.05) is 109 Å². The average molecular weight is 535 g/mol. The van der Waals surface area contributed by atoms with E-state index in [9.17, 15) is 0 Å². The zero-order valence-corrected chi connectivity index (χ0v) is 22.3. The lowest BCUT2D eigenvalue weighted by molar-refractivity contribution is 0.464. The Bertz CT molecular complexity index is 1910. The van der Waals surface area contributed by atoms with E-state index >= 15 is 4.57 Å². The Labute approximate surface area is 232 Å². The molecule has 1 atom stereocenters. The average Bonchev–Trinajstić information content (AvgIpc) is 3.02. The van der Waals surface area contributed by atoms with E-state index in [1.807, 2.05) is 97.1 Å². The quantitative estimate of drug-likeness (QED) is 0.213. The van der Waals surface area contributed by atoms with Gasteiger partial charge in [0.25, 0.3) is 0 Å². The van der Waals surface area contributed by atoms with E-state index in [2.05, 4.69) is 42.5 Å². The van der Waals surface area contributed by atoms with Gasteiger partial charge in [-0.05, 0) is 52.6 Å². The molecule has 2 heterocycles. The molecule has 0 aliphatic carbocycles. The summed E-state index contributed by atoms with van der Waals surface area (Å²) in [7, 11) is -3.41. The molecule has 6 aromatic rings. The Hall–Kier alpha value is -4.85. The predicted molar refractivity (Wildman–Crippen MR) is 162 cm³/mol. The van der Waals surface area contributed by atoms with Crippen molar-refractivity contribution in [1.29, 1.82) is 0 Å². The Morgan fingerprint density at radius 3 is 1.52 bits per heavy atom. The van der Waals surface area contributed by atoms with E-state index in [1.165, 1.54) is 0 Å². The largest absolute Gasteiger partial charge is 0.455 e. The van der Waals surface area contributed by atoms with Gasteiger partial charge >= 0.3 is 0 Å². The van der Waals surface area contributed by atoms with Crippen molar-refractivity contribution in [2.24, 2.45) is 0 Å². The van der Waals surface area contributed by atoms with Gasteiger partial charge in [0.2, 0.25) is 0 Å². The molecule has 2 aliphatic rings. The highest BCUT2D eigenvalue weighted by Gasteiger charge is 2.48. The van der Waals surface area contributed by atoms with Crippen LogP contribution in [0.4, 0.5) is 0 Å². The van der Waals surface area contributed by atoms with E-state index < -0.39 is 7.14 Å². The van der Waals surface area contributed by atoms with Gasteiger partial charge in [0.15, 0.2) is 7.14 Å². The fourth-order valence-electron chi connectivity index (χ4n) is 5.84. The Balaban J connectivity index is 1.50. The van der Waals surface area contributed by atoms with Gasteiger partial charge in [0.05, 0.1) is 10.6 Å². The molecule has 0 radical (unpaired) electrons. The van der Waals surface area contributed by atoms with E-state index in [-0.39, 0.29) is 0 Å². The molecule has 6 aromatic carbocycles. The molecule has 0 amide bonds. The van der Waals surface area contributed by atoms with Gasteiger partial charge in [-0.3, -0.25) is 0 Å². The minimum Gasteiger partial charge on any atom is -0.455 e. The minimum absolute atomic E-state index is 0.596. The molecule has 0 aromatic heterocycles. The first-order valence-corrected chi connectivity index (χ1v) is 15.0. The summed E-state index contributed by atoms with van der Waals surface area (Å²) in [6, 6.07) is 46.3. The van der Waals surface area contributed by atoms with E-state index in [0.717, 1.165) is 33.4 Å². The standard InChI is InChI=1S/C36H23O3P/c37-40-32-19-11-10-18-30(32)38-34-28(25-14-6-2-7-15-25)23-29(26-16-8-3-9-17-26)35(36(34)40)39-31-21-20-27(22-33(31)40)24-12-4-1-5-13-24/h1-23H. The smallest absolute Gasteiger partial charge is 0.185 e. The third kappa shape index (κ3) is 3.35. The molecule has 8 rings (SSSR count). The fraction of sp³-hybridized carbons (Fsp3) is 0. The fourth-order valence-corrected chi connectivity index (χ4v) is 8.97. The first-order valence-electron chi connectivity index (χ1n) is 13.3. The van der Waals surface area contributed by atoms with Crippen LogP contribution in [-0.4, -0.2) is 0 Å². The number of hydrogen-bond acceptors (Lipinski definition) is 3. The topological polar surface area (TPSA) is 35.5 Å². The molecule has 190 valence electrons. The van der Waals surface area contributed by atoms with Gasteiger partial charge < -0.3 is 14.0 Å². The van der Waals surface area contributed by atoms with Crippen LogP contribution in [0.25, 0.3) is 33.4 Å². The van der Waals surface area contributed by atoms with E-state index in [1.54, 1.807) is 0 Å². The second-order valence-corrected chi connectivity index (χ2v) is 12.7. The van der Waals surface area contributed by atoms with Gasteiger partial charge in [-0.15, -0.1) is 0 Å². The van der Waals surface area contributed by atoms with Crippen molar-refractivity contribution >= 4 is 23.1 Å². The number of benzene rings is 6. The van der Waals surface area contributed by atoms with Crippen molar-refractivity contribution in [3.63, 3.8) is 0 Å². The zero-order chi connectivity index (χ0) is 26.7. The maximum atomic E-state index is 15.9. The summed E-state index contributed by atoms with van der Waals surface area (Å²) >= 11 is 0. The lowest BCUT2D eigenvalue weighted by Crippen LogP contribution is -2.35. The highest BCUT2D eigenvalue weighted by atomic mass is 31.2. The maximum absolute atomic E-state index is 15.9. The lowest BCUT2D eigenvalue weighted by Gasteiger charge is -2.36. The molecule has 0 spiro atoms. The minimum atomic E-state index is -3.41. The van der Waals surface area contributed by atoms with Crippen LogP contribution in [0.3, 0.4) is 0 Å². The van der Waals surface area contributed by atoms with Gasteiger partial charge in [0.1, 0.15) is 28.3 Å². The number of ether oxygens (including phenoxy) is 2. The summed E-state index contributed by atoms with van der Waals surface area (Å²) in [5, 5.41) is 2.02. The second-order valence-electron chi connectivity index (χ2n) is 10.0.